The Bertz CT molecular complexity index is 563. The molecule has 1 aromatic heterocycles. The van der Waals surface area contributed by atoms with Crippen LogP contribution in [0.4, 0.5) is 0 Å². The van der Waals surface area contributed by atoms with Gasteiger partial charge in [-0.05, 0) is 25.5 Å². The van der Waals surface area contributed by atoms with Gasteiger partial charge in [-0.2, -0.15) is 0 Å². The minimum absolute atomic E-state index is 0.0833. The fourth-order valence-corrected chi connectivity index (χ4v) is 1.85. The molecule has 0 radical (unpaired) electrons. The number of hydrogen-bond acceptors (Lipinski definition) is 4. The number of ether oxygens (including phenoxy) is 1. The first-order chi connectivity index (χ1) is 9.26. The highest BCUT2D eigenvalue weighted by molar-refractivity contribution is 6.07. The third-order valence-electron chi connectivity index (χ3n) is 2.69. The van der Waals surface area contributed by atoms with Crippen LogP contribution in [-0.2, 0) is 6.54 Å². The predicted molar refractivity (Wildman–Crippen MR) is 71.4 cm³/mol. The molecule has 0 saturated carbocycles. The second-order valence-electron chi connectivity index (χ2n) is 4.13. The summed E-state index contributed by atoms with van der Waals surface area (Å²) in [5, 5.41) is 7.73. The summed E-state index contributed by atoms with van der Waals surface area (Å²) in [6, 6.07) is 7.16. The maximum absolute atomic E-state index is 12.4. The van der Waals surface area contributed by atoms with Gasteiger partial charge in [-0.1, -0.05) is 24.3 Å². The van der Waals surface area contributed by atoms with Gasteiger partial charge in [0, 0.05) is 12.1 Å². The number of rotatable bonds is 6. The van der Waals surface area contributed by atoms with Crippen LogP contribution < -0.4 is 4.74 Å². The summed E-state index contributed by atoms with van der Waals surface area (Å²) >= 11 is 0. The molecule has 19 heavy (non-hydrogen) atoms. The average Bonchev–Trinajstić information content (AvgIpc) is 2.87. The molecule has 1 aromatic carbocycles. The van der Waals surface area contributed by atoms with E-state index in [1.165, 1.54) is 6.20 Å². The van der Waals surface area contributed by atoms with Crippen molar-refractivity contribution in [3.05, 3.63) is 41.7 Å². The van der Waals surface area contributed by atoms with Crippen LogP contribution in [-0.4, -0.2) is 27.4 Å². The Labute approximate surface area is 112 Å². The lowest BCUT2D eigenvalue weighted by Crippen LogP contribution is -2.11. The van der Waals surface area contributed by atoms with Crippen molar-refractivity contribution in [2.24, 2.45) is 0 Å². The molecule has 2 aromatic rings. The van der Waals surface area contributed by atoms with Crippen molar-refractivity contribution in [1.29, 1.82) is 0 Å². The van der Waals surface area contributed by atoms with Gasteiger partial charge in [0.15, 0.2) is 0 Å². The summed E-state index contributed by atoms with van der Waals surface area (Å²) in [5.41, 5.74) is 1.10. The molecule has 0 spiro atoms. The molecule has 0 atom stereocenters. The molecular formula is C14H17N3O2. The second kappa shape index (κ2) is 6.13. The lowest BCUT2D eigenvalue weighted by molar-refractivity contribution is 0.102. The molecule has 100 valence electrons. The molecule has 0 amide bonds. The minimum Gasteiger partial charge on any atom is -0.494 e. The lowest BCUT2D eigenvalue weighted by Gasteiger charge is -2.06. The standard InChI is InChI=1S/C14H17N3O2/c1-3-8-17-13(10-15-16-17)14(18)11-6-5-7-12(9-11)19-4-2/h5-7,9-10H,3-4,8H2,1-2H3. The van der Waals surface area contributed by atoms with E-state index in [9.17, 15) is 4.79 Å². The monoisotopic (exact) mass is 259 g/mol. The molecule has 0 aliphatic heterocycles. The summed E-state index contributed by atoms with van der Waals surface area (Å²) in [7, 11) is 0. The topological polar surface area (TPSA) is 57.0 Å². The minimum atomic E-state index is -0.0833. The molecule has 0 fully saturated rings. The van der Waals surface area contributed by atoms with Crippen LogP contribution in [0, 0.1) is 0 Å². The summed E-state index contributed by atoms with van der Waals surface area (Å²) in [6.45, 7) is 5.21. The van der Waals surface area contributed by atoms with E-state index in [4.69, 9.17) is 4.74 Å². The van der Waals surface area contributed by atoms with Crippen LogP contribution >= 0.6 is 0 Å². The van der Waals surface area contributed by atoms with E-state index in [2.05, 4.69) is 10.3 Å². The Morgan fingerprint density at radius 1 is 1.37 bits per heavy atom. The molecule has 0 N–H and O–H groups in total. The summed E-state index contributed by atoms with van der Waals surface area (Å²) in [6.07, 6.45) is 2.41. The second-order valence-corrected chi connectivity index (χ2v) is 4.13. The Morgan fingerprint density at radius 2 is 2.21 bits per heavy atom. The van der Waals surface area contributed by atoms with Crippen molar-refractivity contribution >= 4 is 5.78 Å². The quantitative estimate of drug-likeness (QED) is 0.747. The first-order valence-electron chi connectivity index (χ1n) is 6.42. The molecular weight excluding hydrogens is 242 g/mol. The van der Waals surface area contributed by atoms with Gasteiger partial charge in [-0.3, -0.25) is 4.79 Å². The van der Waals surface area contributed by atoms with E-state index in [-0.39, 0.29) is 5.78 Å². The van der Waals surface area contributed by atoms with E-state index >= 15 is 0 Å². The van der Waals surface area contributed by atoms with Gasteiger partial charge in [-0.25, -0.2) is 4.68 Å². The van der Waals surface area contributed by atoms with Crippen molar-refractivity contribution < 1.29 is 9.53 Å². The van der Waals surface area contributed by atoms with Crippen molar-refractivity contribution in [3.63, 3.8) is 0 Å². The normalized spacial score (nSPS) is 10.4. The highest BCUT2D eigenvalue weighted by Crippen LogP contribution is 2.16. The summed E-state index contributed by atoms with van der Waals surface area (Å²) < 4.78 is 7.04. The molecule has 0 aliphatic rings. The van der Waals surface area contributed by atoms with E-state index in [1.54, 1.807) is 16.8 Å². The molecule has 1 heterocycles. The van der Waals surface area contributed by atoms with Crippen molar-refractivity contribution in [2.45, 2.75) is 26.8 Å². The van der Waals surface area contributed by atoms with Crippen molar-refractivity contribution in [3.8, 4) is 5.75 Å². The zero-order valence-corrected chi connectivity index (χ0v) is 11.2. The SMILES string of the molecule is CCCn1nncc1C(=O)c1cccc(OCC)c1. The van der Waals surface area contributed by atoms with E-state index in [0.29, 0.717) is 30.2 Å². The third kappa shape index (κ3) is 2.99. The number of nitrogens with zero attached hydrogens (tertiary/aromatic N) is 3. The lowest BCUT2D eigenvalue weighted by atomic mass is 10.1. The number of aromatic nitrogens is 3. The Balaban J connectivity index is 2.28. The van der Waals surface area contributed by atoms with Crippen molar-refractivity contribution in [1.82, 2.24) is 15.0 Å². The van der Waals surface area contributed by atoms with Gasteiger partial charge in [-0.15, -0.1) is 5.10 Å². The predicted octanol–water partition coefficient (Wildman–Crippen LogP) is 2.32. The van der Waals surface area contributed by atoms with Gasteiger partial charge in [0.05, 0.1) is 12.8 Å². The maximum Gasteiger partial charge on any atom is 0.212 e. The maximum atomic E-state index is 12.4. The highest BCUT2D eigenvalue weighted by atomic mass is 16.5. The zero-order valence-electron chi connectivity index (χ0n) is 11.2. The Morgan fingerprint density at radius 3 is 2.95 bits per heavy atom. The number of benzene rings is 1. The number of carbonyl (C=O) groups excluding carboxylic acids is 1. The van der Waals surface area contributed by atoms with E-state index in [0.717, 1.165) is 6.42 Å². The summed E-state index contributed by atoms with van der Waals surface area (Å²) in [5.74, 6) is 0.614. The highest BCUT2D eigenvalue weighted by Gasteiger charge is 2.15. The van der Waals surface area contributed by atoms with E-state index < -0.39 is 0 Å². The van der Waals surface area contributed by atoms with Crippen LogP contribution in [0.5, 0.6) is 5.75 Å². The van der Waals surface area contributed by atoms with Crippen LogP contribution in [0.1, 0.15) is 36.3 Å². The van der Waals surface area contributed by atoms with E-state index in [1.807, 2.05) is 26.0 Å². The third-order valence-corrected chi connectivity index (χ3v) is 2.69. The Kier molecular flexibility index (Phi) is 4.28. The molecule has 0 aliphatic carbocycles. The van der Waals surface area contributed by atoms with Crippen LogP contribution in [0.2, 0.25) is 0 Å². The number of ketones is 1. The van der Waals surface area contributed by atoms with Gasteiger partial charge in [0.1, 0.15) is 11.4 Å². The number of aryl methyl sites for hydroxylation is 1. The van der Waals surface area contributed by atoms with Crippen LogP contribution in [0.25, 0.3) is 0 Å². The Hall–Kier alpha value is -2.17. The molecule has 5 nitrogen and oxygen atoms in total. The molecule has 2 rings (SSSR count). The van der Waals surface area contributed by atoms with Gasteiger partial charge in [0.2, 0.25) is 5.78 Å². The average molecular weight is 259 g/mol. The fraction of sp³-hybridized carbons (Fsp3) is 0.357. The first-order valence-corrected chi connectivity index (χ1v) is 6.42. The number of carbonyl (C=O) groups is 1. The molecule has 0 unspecified atom stereocenters. The van der Waals surface area contributed by atoms with Gasteiger partial charge >= 0.3 is 0 Å². The van der Waals surface area contributed by atoms with Crippen LogP contribution in [0.15, 0.2) is 30.5 Å². The first kappa shape index (κ1) is 13.3. The molecule has 0 saturated heterocycles. The van der Waals surface area contributed by atoms with Gasteiger partial charge in [0.25, 0.3) is 0 Å². The van der Waals surface area contributed by atoms with Gasteiger partial charge < -0.3 is 4.74 Å². The summed E-state index contributed by atoms with van der Waals surface area (Å²) in [4.78, 5) is 12.4. The molecule has 0 bridgehead atoms. The van der Waals surface area contributed by atoms with Crippen molar-refractivity contribution in [2.75, 3.05) is 6.61 Å². The smallest absolute Gasteiger partial charge is 0.212 e. The number of hydrogen-bond donors (Lipinski definition) is 0. The largest absolute Gasteiger partial charge is 0.494 e. The zero-order chi connectivity index (χ0) is 13.7. The van der Waals surface area contributed by atoms with Crippen LogP contribution in [0.3, 0.4) is 0 Å². The fourth-order valence-electron chi connectivity index (χ4n) is 1.85. The molecule has 5 heteroatoms.